The van der Waals surface area contributed by atoms with E-state index in [-0.39, 0.29) is 0 Å². The van der Waals surface area contributed by atoms with Crippen molar-refractivity contribution in [1.82, 2.24) is 0 Å². The van der Waals surface area contributed by atoms with Crippen LogP contribution in [0.15, 0.2) is 24.3 Å². The summed E-state index contributed by atoms with van der Waals surface area (Å²) in [5, 5.41) is 0. The minimum atomic E-state index is 0.539. The van der Waals surface area contributed by atoms with E-state index in [1.165, 1.54) is 32.1 Å². The predicted molar refractivity (Wildman–Crippen MR) is 70.8 cm³/mol. The Morgan fingerprint density at radius 1 is 1.29 bits per heavy atom. The maximum Gasteiger partial charge on any atom is 0.0313 e. The van der Waals surface area contributed by atoms with Crippen molar-refractivity contribution in [3.8, 4) is 0 Å². The molecule has 1 heteroatoms. The molecular weight excluding hydrogens is 283 g/mol. The average Bonchev–Trinajstić information content (AvgIpc) is 2.24. The van der Waals surface area contributed by atoms with Crippen LogP contribution in [-0.4, -0.2) is 3.42 Å². The van der Waals surface area contributed by atoms with Crippen LogP contribution < -0.4 is 0 Å². The molecule has 0 aromatic carbocycles. The molecule has 2 aliphatic carbocycles. The first kappa shape index (κ1) is 10.7. The molecule has 0 saturated heterocycles. The Labute approximate surface area is 101 Å². The van der Waals surface area contributed by atoms with Crippen molar-refractivity contribution in [3.05, 3.63) is 24.3 Å². The molecule has 0 N–H and O–H groups in total. The van der Waals surface area contributed by atoms with Gasteiger partial charge in [-0.2, -0.15) is 0 Å². The topological polar surface area (TPSA) is 0 Å². The first-order valence-electron chi connectivity index (χ1n) is 5.76. The molecule has 14 heavy (non-hydrogen) atoms. The van der Waals surface area contributed by atoms with Gasteiger partial charge in [0.15, 0.2) is 0 Å². The zero-order valence-corrected chi connectivity index (χ0v) is 11.0. The van der Waals surface area contributed by atoms with Crippen LogP contribution in [0.1, 0.15) is 39.0 Å². The highest BCUT2D eigenvalue weighted by Crippen LogP contribution is 2.48. The minimum Gasteiger partial charge on any atom is -0.0839 e. The molecule has 1 saturated carbocycles. The summed E-state index contributed by atoms with van der Waals surface area (Å²) in [6.45, 7) is 2.44. The van der Waals surface area contributed by atoms with Gasteiger partial charge >= 0.3 is 0 Å². The maximum atomic E-state index is 2.75. The molecular formula is C13H19I. The third kappa shape index (κ3) is 1.93. The van der Waals surface area contributed by atoms with Gasteiger partial charge in [0.25, 0.3) is 0 Å². The van der Waals surface area contributed by atoms with E-state index in [4.69, 9.17) is 0 Å². The molecule has 0 aliphatic heterocycles. The Hall–Kier alpha value is 0.210. The standard InChI is InChI=1S/C13H19I/c1-11-7-5-6-10-13(11,14)12-8-3-2-4-9-12/h2-4,8,11-12H,5-7,9-10H2,1H3/t11-,12?,13?/m0/s1. The van der Waals surface area contributed by atoms with Gasteiger partial charge in [0.05, 0.1) is 0 Å². The minimum absolute atomic E-state index is 0.539. The number of alkyl halides is 1. The smallest absolute Gasteiger partial charge is 0.0313 e. The molecule has 2 aliphatic rings. The van der Waals surface area contributed by atoms with Crippen LogP contribution in [0.2, 0.25) is 0 Å². The van der Waals surface area contributed by atoms with Crippen molar-refractivity contribution in [1.29, 1.82) is 0 Å². The molecule has 78 valence electrons. The summed E-state index contributed by atoms with van der Waals surface area (Å²) in [6, 6.07) is 0. The van der Waals surface area contributed by atoms with E-state index in [0.29, 0.717) is 3.42 Å². The van der Waals surface area contributed by atoms with E-state index < -0.39 is 0 Å². The van der Waals surface area contributed by atoms with Crippen LogP contribution in [-0.2, 0) is 0 Å². The lowest BCUT2D eigenvalue weighted by molar-refractivity contribution is 0.256. The highest BCUT2D eigenvalue weighted by Gasteiger charge is 2.40. The zero-order chi connectivity index (χ0) is 10.0. The van der Waals surface area contributed by atoms with E-state index in [1.807, 2.05) is 0 Å². The van der Waals surface area contributed by atoms with Crippen LogP contribution in [0, 0.1) is 11.8 Å². The van der Waals surface area contributed by atoms with Crippen LogP contribution in [0.4, 0.5) is 0 Å². The molecule has 3 atom stereocenters. The second-order valence-electron chi connectivity index (χ2n) is 4.73. The van der Waals surface area contributed by atoms with Crippen molar-refractivity contribution >= 4 is 22.6 Å². The Kier molecular flexibility index (Phi) is 3.35. The quantitative estimate of drug-likeness (QED) is 0.494. The Bertz CT molecular complexity index is 254. The fraction of sp³-hybridized carbons (Fsp3) is 0.692. The van der Waals surface area contributed by atoms with Crippen LogP contribution >= 0.6 is 22.6 Å². The van der Waals surface area contributed by atoms with Gasteiger partial charge in [0.2, 0.25) is 0 Å². The molecule has 1 fully saturated rings. The first-order chi connectivity index (χ1) is 6.73. The molecule has 0 heterocycles. The summed E-state index contributed by atoms with van der Waals surface area (Å²) in [4.78, 5) is 0. The lowest BCUT2D eigenvalue weighted by Gasteiger charge is -2.43. The molecule has 0 spiro atoms. The normalized spacial score (nSPS) is 42.7. The van der Waals surface area contributed by atoms with E-state index in [9.17, 15) is 0 Å². The number of allylic oxidation sites excluding steroid dienone is 4. The molecule has 0 aromatic heterocycles. The Morgan fingerprint density at radius 2 is 2.14 bits per heavy atom. The summed E-state index contributed by atoms with van der Waals surface area (Å²) in [6.07, 6.45) is 16.1. The summed E-state index contributed by atoms with van der Waals surface area (Å²) in [5.74, 6) is 1.67. The first-order valence-corrected chi connectivity index (χ1v) is 6.83. The average molecular weight is 302 g/mol. The fourth-order valence-electron chi connectivity index (χ4n) is 2.82. The highest BCUT2D eigenvalue weighted by atomic mass is 127. The van der Waals surface area contributed by atoms with Gasteiger partial charge in [-0.25, -0.2) is 0 Å². The number of hydrogen-bond acceptors (Lipinski definition) is 0. The van der Waals surface area contributed by atoms with E-state index >= 15 is 0 Å². The van der Waals surface area contributed by atoms with Gasteiger partial charge in [-0.15, -0.1) is 0 Å². The van der Waals surface area contributed by atoms with Crippen molar-refractivity contribution in [2.24, 2.45) is 11.8 Å². The third-order valence-corrected chi connectivity index (χ3v) is 6.27. The largest absolute Gasteiger partial charge is 0.0839 e. The van der Waals surface area contributed by atoms with E-state index in [2.05, 4.69) is 53.8 Å². The lowest BCUT2D eigenvalue weighted by atomic mass is 9.71. The molecule has 0 aromatic rings. The number of halogens is 1. The van der Waals surface area contributed by atoms with Gasteiger partial charge in [0.1, 0.15) is 0 Å². The maximum absolute atomic E-state index is 2.75. The van der Waals surface area contributed by atoms with Crippen molar-refractivity contribution in [3.63, 3.8) is 0 Å². The lowest BCUT2D eigenvalue weighted by Crippen LogP contribution is -2.39. The van der Waals surface area contributed by atoms with Gasteiger partial charge in [-0.05, 0) is 31.1 Å². The number of hydrogen-bond donors (Lipinski definition) is 0. The molecule has 0 bridgehead atoms. The van der Waals surface area contributed by atoms with E-state index in [1.54, 1.807) is 0 Å². The van der Waals surface area contributed by atoms with Crippen LogP contribution in [0.5, 0.6) is 0 Å². The van der Waals surface area contributed by atoms with Crippen LogP contribution in [0.25, 0.3) is 0 Å². The summed E-state index contributed by atoms with van der Waals surface area (Å²) >= 11 is 2.75. The molecule has 0 radical (unpaired) electrons. The predicted octanol–water partition coefficient (Wildman–Crippen LogP) is 4.50. The SMILES string of the molecule is C[C@H]1CCCCC1(I)C1C=CC=CC1. The zero-order valence-electron chi connectivity index (χ0n) is 8.88. The molecule has 0 amide bonds. The van der Waals surface area contributed by atoms with Gasteiger partial charge in [-0.1, -0.05) is 66.7 Å². The monoisotopic (exact) mass is 302 g/mol. The Morgan fingerprint density at radius 3 is 2.79 bits per heavy atom. The van der Waals surface area contributed by atoms with Crippen molar-refractivity contribution in [2.45, 2.75) is 42.4 Å². The molecule has 0 nitrogen and oxygen atoms in total. The molecule has 2 unspecified atom stereocenters. The van der Waals surface area contributed by atoms with Gasteiger partial charge in [-0.3, -0.25) is 0 Å². The van der Waals surface area contributed by atoms with Crippen molar-refractivity contribution < 1.29 is 0 Å². The van der Waals surface area contributed by atoms with Gasteiger partial charge < -0.3 is 0 Å². The number of rotatable bonds is 1. The van der Waals surface area contributed by atoms with Crippen LogP contribution in [0.3, 0.4) is 0 Å². The molecule has 2 rings (SSSR count). The second-order valence-corrected chi connectivity index (χ2v) is 6.74. The summed E-state index contributed by atoms with van der Waals surface area (Å²) in [5.41, 5.74) is 0. The van der Waals surface area contributed by atoms with Gasteiger partial charge in [0, 0.05) is 3.42 Å². The Balaban J connectivity index is 2.12. The summed E-state index contributed by atoms with van der Waals surface area (Å²) < 4.78 is 0.539. The fourth-order valence-corrected chi connectivity index (χ4v) is 3.97. The third-order valence-electron chi connectivity index (χ3n) is 3.86. The summed E-state index contributed by atoms with van der Waals surface area (Å²) in [7, 11) is 0. The van der Waals surface area contributed by atoms with E-state index in [0.717, 1.165) is 11.8 Å². The second kappa shape index (κ2) is 4.38. The highest BCUT2D eigenvalue weighted by molar-refractivity contribution is 14.1. The van der Waals surface area contributed by atoms with Crippen molar-refractivity contribution in [2.75, 3.05) is 0 Å².